The van der Waals surface area contributed by atoms with Crippen molar-refractivity contribution in [2.75, 3.05) is 6.54 Å². The number of rotatable bonds is 4. The van der Waals surface area contributed by atoms with E-state index < -0.39 is 0 Å². The van der Waals surface area contributed by atoms with Crippen molar-refractivity contribution in [1.29, 1.82) is 0 Å². The average Bonchev–Trinajstić information content (AvgIpc) is 2.42. The maximum absolute atomic E-state index is 9.53. The molecule has 2 aromatic rings. The molecule has 106 valence electrons. The van der Waals surface area contributed by atoms with Crippen molar-refractivity contribution in [3.63, 3.8) is 0 Å². The summed E-state index contributed by atoms with van der Waals surface area (Å²) in [5, 5.41) is 22.2. The van der Waals surface area contributed by atoms with Crippen LogP contribution in [0.3, 0.4) is 0 Å². The highest BCUT2D eigenvalue weighted by Gasteiger charge is 2.11. The molecule has 5 nitrogen and oxygen atoms in total. The first-order valence-electron chi connectivity index (χ1n) is 6.62. The molecule has 0 spiro atoms. The first-order valence-corrected chi connectivity index (χ1v) is 6.62. The Labute approximate surface area is 118 Å². The lowest BCUT2D eigenvalue weighted by molar-refractivity contribution is 0.404. The summed E-state index contributed by atoms with van der Waals surface area (Å²) in [5.41, 5.74) is 2.63. The van der Waals surface area contributed by atoms with E-state index >= 15 is 0 Å². The molecule has 0 bridgehead atoms. The van der Waals surface area contributed by atoms with E-state index in [-0.39, 0.29) is 17.5 Å². The minimum absolute atomic E-state index is 0.150. The second-order valence-electron chi connectivity index (χ2n) is 4.72. The largest absolute Gasteiger partial charge is 0.504 e. The van der Waals surface area contributed by atoms with E-state index in [1.807, 2.05) is 6.92 Å². The number of nitrogens with one attached hydrogen (secondary N) is 1. The quantitative estimate of drug-likeness (QED) is 0.746. The average molecular weight is 273 g/mol. The third-order valence-corrected chi connectivity index (χ3v) is 3.23. The number of phenols is 2. The lowest BCUT2D eigenvalue weighted by Crippen LogP contribution is -2.19. The van der Waals surface area contributed by atoms with Gasteiger partial charge in [-0.15, -0.1) is 0 Å². The van der Waals surface area contributed by atoms with Gasteiger partial charge in [0.25, 0.3) is 0 Å². The van der Waals surface area contributed by atoms with Gasteiger partial charge in [0.15, 0.2) is 17.3 Å². The molecule has 0 amide bonds. The van der Waals surface area contributed by atoms with Crippen LogP contribution in [-0.2, 0) is 0 Å². The topological polar surface area (TPSA) is 78.3 Å². The molecule has 5 heteroatoms. The molecule has 2 rings (SSSR count). The number of aromatic nitrogens is 2. The van der Waals surface area contributed by atoms with E-state index in [4.69, 9.17) is 0 Å². The molecule has 0 aliphatic rings. The van der Waals surface area contributed by atoms with E-state index in [0.717, 1.165) is 17.8 Å². The fourth-order valence-electron chi connectivity index (χ4n) is 2.12. The summed E-state index contributed by atoms with van der Waals surface area (Å²) in [5.74, 6) is 0.210. The van der Waals surface area contributed by atoms with Gasteiger partial charge in [-0.3, -0.25) is 0 Å². The molecule has 0 fully saturated rings. The summed E-state index contributed by atoms with van der Waals surface area (Å²) in [6.45, 7) is 6.95. The number of aryl methyl sites for hydroxylation is 1. The van der Waals surface area contributed by atoms with E-state index in [0.29, 0.717) is 11.4 Å². The van der Waals surface area contributed by atoms with Crippen molar-refractivity contribution in [1.82, 2.24) is 15.3 Å². The molecule has 1 atom stereocenters. The molecule has 0 aliphatic heterocycles. The second kappa shape index (κ2) is 5.88. The van der Waals surface area contributed by atoms with Gasteiger partial charge in [-0.05, 0) is 38.6 Å². The van der Waals surface area contributed by atoms with Crippen LogP contribution in [0.4, 0.5) is 0 Å². The molecule has 1 aromatic carbocycles. The molecule has 1 heterocycles. The third-order valence-electron chi connectivity index (χ3n) is 3.23. The van der Waals surface area contributed by atoms with Crippen LogP contribution in [0.25, 0.3) is 11.4 Å². The summed E-state index contributed by atoms with van der Waals surface area (Å²) >= 11 is 0. The Hall–Kier alpha value is -2.14. The monoisotopic (exact) mass is 273 g/mol. The van der Waals surface area contributed by atoms with E-state index in [2.05, 4.69) is 29.1 Å². The molecule has 20 heavy (non-hydrogen) atoms. The number of benzene rings is 1. The van der Waals surface area contributed by atoms with Gasteiger partial charge >= 0.3 is 0 Å². The van der Waals surface area contributed by atoms with Gasteiger partial charge in [-0.1, -0.05) is 6.92 Å². The molecule has 0 aliphatic carbocycles. The van der Waals surface area contributed by atoms with Crippen LogP contribution in [0.1, 0.15) is 31.1 Å². The predicted molar refractivity (Wildman–Crippen MR) is 77.6 cm³/mol. The number of aromatic hydroxyl groups is 2. The zero-order chi connectivity index (χ0) is 14.7. The zero-order valence-corrected chi connectivity index (χ0v) is 11.9. The van der Waals surface area contributed by atoms with Crippen molar-refractivity contribution in [2.24, 2.45) is 0 Å². The van der Waals surface area contributed by atoms with Gasteiger partial charge in [0.1, 0.15) is 0 Å². The molecule has 0 saturated carbocycles. The molecule has 1 unspecified atom stereocenters. The van der Waals surface area contributed by atoms with Gasteiger partial charge in [-0.2, -0.15) is 0 Å². The summed E-state index contributed by atoms with van der Waals surface area (Å²) in [7, 11) is 0. The van der Waals surface area contributed by atoms with Crippen LogP contribution < -0.4 is 5.32 Å². The Kier molecular flexibility index (Phi) is 4.20. The van der Waals surface area contributed by atoms with Crippen molar-refractivity contribution < 1.29 is 10.2 Å². The Morgan fingerprint density at radius 3 is 2.60 bits per heavy atom. The molecular formula is C15H19N3O2. The van der Waals surface area contributed by atoms with Crippen LogP contribution in [0, 0.1) is 6.92 Å². The number of phenolic OH excluding ortho intramolecular Hbond substituents is 2. The highest BCUT2D eigenvalue weighted by atomic mass is 16.3. The highest BCUT2D eigenvalue weighted by Crippen LogP contribution is 2.29. The first-order chi connectivity index (χ1) is 9.52. The Bertz CT molecular complexity index is 614. The summed E-state index contributed by atoms with van der Waals surface area (Å²) in [6, 6.07) is 4.76. The molecule has 0 saturated heterocycles. The first kappa shape index (κ1) is 14.3. The normalized spacial score (nSPS) is 12.3. The van der Waals surface area contributed by atoms with Crippen LogP contribution in [-0.4, -0.2) is 26.7 Å². The number of hydrogen-bond donors (Lipinski definition) is 3. The molecule has 3 N–H and O–H groups in total. The van der Waals surface area contributed by atoms with Gasteiger partial charge in [0, 0.05) is 29.1 Å². The van der Waals surface area contributed by atoms with Crippen molar-refractivity contribution in [2.45, 2.75) is 26.8 Å². The summed E-state index contributed by atoms with van der Waals surface area (Å²) in [6.07, 6.45) is 1.80. The van der Waals surface area contributed by atoms with Crippen molar-refractivity contribution in [3.8, 4) is 22.9 Å². The fourth-order valence-corrected chi connectivity index (χ4v) is 2.12. The van der Waals surface area contributed by atoms with Crippen LogP contribution in [0.15, 0.2) is 24.4 Å². The van der Waals surface area contributed by atoms with Gasteiger partial charge < -0.3 is 15.5 Å². The van der Waals surface area contributed by atoms with Gasteiger partial charge in [0.05, 0.1) is 0 Å². The van der Waals surface area contributed by atoms with Crippen LogP contribution in [0.5, 0.6) is 11.5 Å². The lowest BCUT2D eigenvalue weighted by Gasteiger charge is -2.15. The second-order valence-corrected chi connectivity index (χ2v) is 4.72. The predicted octanol–water partition coefficient (Wildman–Crippen LogP) is 2.53. The SMILES string of the molecule is CCNC(C)c1cnc(-c2ccc(O)c(O)c2)nc1C. The van der Waals surface area contributed by atoms with E-state index in [1.165, 1.54) is 12.1 Å². The van der Waals surface area contributed by atoms with Gasteiger partial charge in [-0.25, -0.2) is 9.97 Å². The van der Waals surface area contributed by atoms with Crippen molar-refractivity contribution in [3.05, 3.63) is 35.7 Å². The minimum Gasteiger partial charge on any atom is -0.504 e. The Morgan fingerprint density at radius 1 is 1.25 bits per heavy atom. The van der Waals surface area contributed by atoms with E-state index in [9.17, 15) is 10.2 Å². The highest BCUT2D eigenvalue weighted by molar-refractivity contribution is 5.60. The van der Waals surface area contributed by atoms with Crippen LogP contribution >= 0.6 is 0 Å². The maximum Gasteiger partial charge on any atom is 0.159 e. The molecule has 0 radical (unpaired) electrons. The summed E-state index contributed by atoms with van der Waals surface area (Å²) in [4.78, 5) is 8.81. The number of nitrogens with zero attached hydrogens (tertiary/aromatic N) is 2. The minimum atomic E-state index is -0.172. The number of hydrogen-bond acceptors (Lipinski definition) is 5. The van der Waals surface area contributed by atoms with Crippen LogP contribution in [0.2, 0.25) is 0 Å². The Morgan fingerprint density at radius 2 is 2.00 bits per heavy atom. The van der Waals surface area contributed by atoms with Gasteiger partial charge in [0.2, 0.25) is 0 Å². The zero-order valence-electron chi connectivity index (χ0n) is 11.9. The Balaban J connectivity index is 2.35. The van der Waals surface area contributed by atoms with E-state index in [1.54, 1.807) is 12.3 Å². The molecule has 1 aromatic heterocycles. The standard InChI is InChI=1S/C15H19N3O2/c1-4-16-9(2)12-8-17-15(18-10(12)3)11-5-6-13(19)14(20)7-11/h5-9,16,19-20H,4H2,1-3H3. The maximum atomic E-state index is 9.53. The van der Waals surface area contributed by atoms with Crippen molar-refractivity contribution >= 4 is 0 Å². The summed E-state index contributed by atoms with van der Waals surface area (Å²) < 4.78 is 0. The molecular weight excluding hydrogens is 254 g/mol. The fraction of sp³-hybridized carbons (Fsp3) is 0.333. The lowest BCUT2D eigenvalue weighted by atomic mass is 10.1. The smallest absolute Gasteiger partial charge is 0.159 e. The third kappa shape index (κ3) is 2.88.